The molecule has 1 aliphatic carbocycles. The molecule has 0 spiro atoms. The van der Waals surface area contributed by atoms with Crippen molar-refractivity contribution in [3.63, 3.8) is 0 Å². The van der Waals surface area contributed by atoms with E-state index in [9.17, 15) is 13.9 Å². The average Bonchev–Trinajstić information content (AvgIpc) is 3.42. The van der Waals surface area contributed by atoms with E-state index in [1.165, 1.54) is 18.5 Å². The number of nitrogens with two attached hydrogens (primary N) is 1. The number of halogens is 2. The molecule has 2 aliphatic rings. The zero-order valence-corrected chi connectivity index (χ0v) is 15.6. The molecule has 1 aromatic carbocycles. The fourth-order valence-electron chi connectivity index (χ4n) is 4.00. The molecular formula is C20H25F2N5O. The molecule has 1 saturated carbocycles. The summed E-state index contributed by atoms with van der Waals surface area (Å²) in [5, 5.41) is 13.7. The van der Waals surface area contributed by atoms with Crippen molar-refractivity contribution in [2.45, 2.75) is 43.9 Å². The van der Waals surface area contributed by atoms with E-state index in [0.717, 1.165) is 18.9 Å². The Morgan fingerprint density at radius 1 is 1.25 bits per heavy atom. The maximum absolute atomic E-state index is 14.1. The van der Waals surface area contributed by atoms with Crippen LogP contribution in [0.1, 0.15) is 24.8 Å². The third-order valence-corrected chi connectivity index (χ3v) is 5.62. The highest BCUT2D eigenvalue weighted by Gasteiger charge is 2.35. The number of aliphatic hydroxyl groups excluding tert-OH is 1. The second-order valence-corrected chi connectivity index (χ2v) is 7.79. The predicted octanol–water partition coefficient (Wildman–Crippen LogP) is 1.89. The monoisotopic (exact) mass is 389 g/mol. The summed E-state index contributed by atoms with van der Waals surface area (Å²) < 4.78 is 27.2. The molecule has 6 nitrogen and oxygen atoms in total. The summed E-state index contributed by atoms with van der Waals surface area (Å²) in [4.78, 5) is 10.2. The Hall–Kier alpha value is -2.32. The summed E-state index contributed by atoms with van der Waals surface area (Å²) in [6.07, 6.45) is 4.35. The number of aliphatic hydroxyl groups is 1. The standard InChI is InChI=1S/C20H25F2N5O/c21-14-4-3-13(17(22)6-14)5-18(12-1-2-12)24-9-15-7-16(28)10-27(15)20-8-19(23)25-11-26-20/h3-4,6,8,11-12,15-16,18,24,28H,1-2,5,7,9-10H2,(H2,23,25,26)/t15-,16-,18?/m1/s1. The third kappa shape index (κ3) is 4.39. The van der Waals surface area contributed by atoms with E-state index in [1.54, 1.807) is 6.07 Å². The second-order valence-electron chi connectivity index (χ2n) is 7.79. The number of rotatable bonds is 7. The summed E-state index contributed by atoms with van der Waals surface area (Å²) in [7, 11) is 0. The fraction of sp³-hybridized carbons (Fsp3) is 0.500. The number of hydrogen-bond acceptors (Lipinski definition) is 6. The van der Waals surface area contributed by atoms with Crippen molar-refractivity contribution in [1.82, 2.24) is 15.3 Å². The van der Waals surface area contributed by atoms with Crippen LogP contribution in [0.5, 0.6) is 0 Å². The van der Waals surface area contributed by atoms with Gasteiger partial charge in [-0.3, -0.25) is 0 Å². The van der Waals surface area contributed by atoms with Gasteiger partial charge in [0.25, 0.3) is 0 Å². The molecule has 0 amide bonds. The third-order valence-electron chi connectivity index (χ3n) is 5.62. The zero-order chi connectivity index (χ0) is 19.7. The highest BCUT2D eigenvalue weighted by atomic mass is 19.1. The van der Waals surface area contributed by atoms with Crippen LogP contribution in [0.4, 0.5) is 20.4 Å². The molecule has 8 heteroatoms. The van der Waals surface area contributed by atoms with Gasteiger partial charge < -0.3 is 21.1 Å². The molecule has 4 N–H and O–H groups in total. The highest BCUT2D eigenvalue weighted by Crippen LogP contribution is 2.35. The minimum atomic E-state index is -0.558. The van der Waals surface area contributed by atoms with Crippen LogP contribution in [0.2, 0.25) is 0 Å². The lowest BCUT2D eigenvalue weighted by Crippen LogP contribution is -2.44. The van der Waals surface area contributed by atoms with Gasteiger partial charge in [0, 0.05) is 37.3 Å². The lowest BCUT2D eigenvalue weighted by atomic mass is 10.0. The maximum atomic E-state index is 14.1. The van der Waals surface area contributed by atoms with Crippen LogP contribution >= 0.6 is 0 Å². The van der Waals surface area contributed by atoms with Gasteiger partial charge in [-0.15, -0.1) is 0 Å². The van der Waals surface area contributed by atoms with Gasteiger partial charge >= 0.3 is 0 Å². The first-order valence-corrected chi connectivity index (χ1v) is 9.69. The predicted molar refractivity (Wildman–Crippen MR) is 103 cm³/mol. The Labute approximate surface area is 162 Å². The lowest BCUT2D eigenvalue weighted by molar-refractivity contribution is 0.193. The smallest absolute Gasteiger partial charge is 0.134 e. The molecule has 1 aromatic heterocycles. The Bertz CT molecular complexity index is 832. The van der Waals surface area contributed by atoms with Gasteiger partial charge in [0.2, 0.25) is 0 Å². The summed E-state index contributed by atoms with van der Waals surface area (Å²) in [5.74, 6) is 0.529. The molecule has 2 fully saturated rings. The maximum Gasteiger partial charge on any atom is 0.134 e. The number of benzene rings is 1. The van der Waals surface area contributed by atoms with Crippen molar-refractivity contribution in [2.75, 3.05) is 23.7 Å². The van der Waals surface area contributed by atoms with Crippen molar-refractivity contribution in [3.05, 3.63) is 47.8 Å². The highest BCUT2D eigenvalue weighted by molar-refractivity contribution is 5.48. The van der Waals surface area contributed by atoms with Gasteiger partial charge in [0.1, 0.15) is 29.6 Å². The Kier molecular flexibility index (Phi) is 5.41. The first kappa shape index (κ1) is 19.0. The van der Waals surface area contributed by atoms with Gasteiger partial charge in [-0.05, 0) is 43.2 Å². The van der Waals surface area contributed by atoms with Gasteiger partial charge in [-0.25, -0.2) is 18.7 Å². The van der Waals surface area contributed by atoms with Crippen LogP contribution in [-0.4, -0.2) is 46.4 Å². The van der Waals surface area contributed by atoms with Crippen molar-refractivity contribution in [3.8, 4) is 0 Å². The van der Waals surface area contributed by atoms with Crippen molar-refractivity contribution in [2.24, 2.45) is 5.92 Å². The SMILES string of the molecule is Nc1cc(N2C[C@H](O)C[C@@H]2CNC(Cc2ccc(F)cc2F)C2CC2)ncn1. The van der Waals surface area contributed by atoms with Crippen LogP contribution in [0, 0.1) is 17.6 Å². The largest absolute Gasteiger partial charge is 0.391 e. The van der Waals surface area contributed by atoms with Gasteiger partial charge in [0.05, 0.1) is 6.10 Å². The first-order valence-electron chi connectivity index (χ1n) is 9.69. The van der Waals surface area contributed by atoms with Gasteiger partial charge in [-0.1, -0.05) is 6.07 Å². The molecule has 4 rings (SSSR count). The van der Waals surface area contributed by atoms with E-state index in [-0.39, 0.29) is 12.1 Å². The van der Waals surface area contributed by atoms with Crippen LogP contribution in [0.25, 0.3) is 0 Å². The molecule has 0 radical (unpaired) electrons. The number of anilines is 2. The minimum absolute atomic E-state index is 0.0589. The van der Waals surface area contributed by atoms with Crippen molar-refractivity contribution in [1.29, 1.82) is 0 Å². The Morgan fingerprint density at radius 2 is 2.07 bits per heavy atom. The second kappa shape index (κ2) is 7.97. The average molecular weight is 389 g/mol. The van der Waals surface area contributed by atoms with Crippen LogP contribution in [0.15, 0.2) is 30.6 Å². The number of hydrogen-bond donors (Lipinski definition) is 3. The minimum Gasteiger partial charge on any atom is -0.391 e. The van der Waals surface area contributed by atoms with Crippen LogP contribution in [-0.2, 0) is 6.42 Å². The quantitative estimate of drug-likeness (QED) is 0.670. The molecule has 1 unspecified atom stereocenters. The lowest BCUT2D eigenvalue weighted by Gasteiger charge is -2.28. The Morgan fingerprint density at radius 3 is 2.79 bits per heavy atom. The first-order chi connectivity index (χ1) is 13.5. The molecule has 0 bridgehead atoms. The van der Waals surface area contributed by atoms with Crippen LogP contribution in [0.3, 0.4) is 0 Å². The van der Waals surface area contributed by atoms with E-state index >= 15 is 0 Å². The van der Waals surface area contributed by atoms with Crippen LogP contribution < -0.4 is 16.0 Å². The number of nitrogens with one attached hydrogen (secondary N) is 1. The summed E-state index contributed by atoms with van der Waals surface area (Å²) in [6.45, 7) is 1.13. The van der Waals surface area contributed by atoms with E-state index in [0.29, 0.717) is 49.0 Å². The molecule has 2 aromatic rings. The normalized spacial score (nSPS) is 23.2. The van der Waals surface area contributed by atoms with Crippen molar-refractivity contribution >= 4 is 11.6 Å². The molecule has 3 atom stereocenters. The van der Waals surface area contributed by atoms with E-state index < -0.39 is 17.7 Å². The number of aromatic nitrogens is 2. The number of nitrogen functional groups attached to an aromatic ring is 1. The molecule has 150 valence electrons. The number of nitrogens with zero attached hydrogens (tertiary/aromatic N) is 3. The molecular weight excluding hydrogens is 364 g/mol. The summed E-state index contributed by atoms with van der Waals surface area (Å²) in [5.41, 5.74) is 6.29. The molecule has 28 heavy (non-hydrogen) atoms. The zero-order valence-electron chi connectivity index (χ0n) is 15.6. The number of β-amino-alcohol motifs (C(OH)–C–C–N with tert-alkyl or cyclic N) is 1. The van der Waals surface area contributed by atoms with Crippen molar-refractivity contribution < 1.29 is 13.9 Å². The van der Waals surface area contributed by atoms with Gasteiger partial charge in [0.15, 0.2) is 0 Å². The van der Waals surface area contributed by atoms with E-state index in [2.05, 4.69) is 15.3 Å². The van der Waals surface area contributed by atoms with E-state index in [4.69, 9.17) is 5.73 Å². The molecule has 1 aliphatic heterocycles. The Balaban J connectivity index is 1.43. The topological polar surface area (TPSA) is 87.3 Å². The molecule has 2 heterocycles. The summed E-state index contributed by atoms with van der Waals surface area (Å²) >= 11 is 0. The molecule has 1 saturated heterocycles. The summed E-state index contributed by atoms with van der Waals surface area (Å²) in [6, 6.07) is 5.65. The van der Waals surface area contributed by atoms with E-state index in [1.807, 2.05) is 4.90 Å². The van der Waals surface area contributed by atoms with Gasteiger partial charge in [-0.2, -0.15) is 0 Å². The fourth-order valence-corrected chi connectivity index (χ4v) is 4.00.